The van der Waals surface area contributed by atoms with Crippen molar-refractivity contribution < 1.29 is 4.79 Å². The summed E-state index contributed by atoms with van der Waals surface area (Å²) in [4.78, 5) is 33.3. The second-order valence-corrected chi connectivity index (χ2v) is 11.2. The molecule has 1 aliphatic carbocycles. The van der Waals surface area contributed by atoms with Crippen LogP contribution in [0.2, 0.25) is 0 Å². The number of pyridine rings is 2. The first-order valence-electron chi connectivity index (χ1n) is 15.3. The zero-order valence-electron chi connectivity index (χ0n) is 25.5. The summed E-state index contributed by atoms with van der Waals surface area (Å²) in [6, 6.07) is 19.6. The fourth-order valence-electron chi connectivity index (χ4n) is 5.60. The van der Waals surface area contributed by atoms with Crippen LogP contribution in [-0.4, -0.2) is 47.8 Å². The zero-order chi connectivity index (χ0) is 31.7. The van der Waals surface area contributed by atoms with Crippen molar-refractivity contribution in [2.24, 2.45) is 7.05 Å². The molecule has 0 atom stereocenters. The SMILES string of the molecule is Cn1cc(-c2ccc(N(C(=O)NCc3ccccc3)C3CCC(Nc4ncc(C#N)c(NCc5ccncc5)n4)CC3)nc2)cn1. The Hall–Kier alpha value is -5.83. The minimum atomic E-state index is -0.178. The molecule has 12 nitrogen and oxygen atoms in total. The molecule has 1 saturated carbocycles. The van der Waals surface area contributed by atoms with E-state index in [2.05, 4.69) is 42.1 Å². The van der Waals surface area contributed by atoms with Gasteiger partial charge in [0.25, 0.3) is 0 Å². The average Bonchev–Trinajstić information content (AvgIpc) is 3.54. The van der Waals surface area contributed by atoms with E-state index in [9.17, 15) is 10.1 Å². The maximum atomic E-state index is 13.7. The molecule has 4 aromatic heterocycles. The van der Waals surface area contributed by atoms with E-state index in [0.717, 1.165) is 47.9 Å². The van der Waals surface area contributed by atoms with Crippen molar-refractivity contribution in [2.45, 2.75) is 50.9 Å². The summed E-state index contributed by atoms with van der Waals surface area (Å²) in [5, 5.41) is 23.6. The molecular weight excluding hydrogens is 578 g/mol. The third-order valence-electron chi connectivity index (χ3n) is 8.05. The van der Waals surface area contributed by atoms with Gasteiger partial charge in [-0.3, -0.25) is 14.6 Å². The lowest BCUT2D eigenvalue weighted by Gasteiger charge is -2.36. The summed E-state index contributed by atoms with van der Waals surface area (Å²) in [7, 11) is 1.88. The molecule has 5 aromatic rings. The highest BCUT2D eigenvalue weighted by Crippen LogP contribution is 2.30. The van der Waals surface area contributed by atoms with Crippen LogP contribution in [0.15, 0.2) is 91.8 Å². The number of benzene rings is 1. The molecule has 1 aliphatic rings. The van der Waals surface area contributed by atoms with E-state index in [1.54, 1.807) is 34.4 Å². The Kier molecular flexibility index (Phi) is 9.39. The lowest BCUT2D eigenvalue weighted by atomic mass is 9.90. The summed E-state index contributed by atoms with van der Waals surface area (Å²) >= 11 is 0. The molecule has 0 unspecified atom stereocenters. The number of carbonyl (C=O) groups is 1. The highest BCUT2D eigenvalue weighted by Gasteiger charge is 2.31. The monoisotopic (exact) mass is 613 g/mol. The van der Waals surface area contributed by atoms with Gasteiger partial charge < -0.3 is 16.0 Å². The van der Waals surface area contributed by atoms with Crippen LogP contribution >= 0.6 is 0 Å². The van der Waals surface area contributed by atoms with Gasteiger partial charge in [0, 0.05) is 68.1 Å². The number of rotatable bonds is 10. The first-order valence-corrected chi connectivity index (χ1v) is 15.3. The number of anilines is 3. The number of aryl methyl sites for hydroxylation is 1. The number of carbonyl (C=O) groups excluding carboxylic acids is 1. The number of urea groups is 1. The molecule has 3 N–H and O–H groups in total. The minimum absolute atomic E-state index is 0.0370. The van der Waals surface area contributed by atoms with Gasteiger partial charge in [-0.15, -0.1) is 0 Å². The summed E-state index contributed by atoms with van der Waals surface area (Å²) in [6.07, 6.45) is 13.7. The fraction of sp³-hybridized carbons (Fsp3) is 0.265. The largest absolute Gasteiger partial charge is 0.365 e. The van der Waals surface area contributed by atoms with Crippen LogP contribution in [0.4, 0.5) is 22.4 Å². The molecule has 232 valence electrons. The fourth-order valence-corrected chi connectivity index (χ4v) is 5.60. The quantitative estimate of drug-likeness (QED) is 0.191. The van der Waals surface area contributed by atoms with Crippen LogP contribution in [-0.2, 0) is 20.1 Å². The van der Waals surface area contributed by atoms with Crippen molar-refractivity contribution >= 4 is 23.6 Å². The number of nitrogens with zero attached hydrogens (tertiary/aromatic N) is 8. The van der Waals surface area contributed by atoms with E-state index in [-0.39, 0.29) is 18.1 Å². The Balaban J connectivity index is 1.13. The first kappa shape index (κ1) is 30.2. The van der Waals surface area contributed by atoms with Crippen molar-refractivity contribution in [3.05, 3.63) is 108 Å². The Morgan fingerprint density at radius 2 is 1.72 bits per heavy atom. The van der Waals surface area contributed by atoms with E-state index in [4.69, 9.17) is 4.98 Å². The van der Waals surface area contributed by atoms with E-state index in [1.807, 2.05) is 67.8 Å². The molecule has 4 heterocycles. The highest BCUT2D eigenvalue weighted by molar-refractivity contribution is 5.91. The zero-order valence-corrected chi connectivity index (χ0v) is 25.5. The standard InChI is InChI=1S/C34H35N11O/c1-44-23-28(22-41-44)26-7-12-31(37-20-26)45(34(46)40-19-24-5-3-2-4-6-24)30-10-8-29(9-11-30)42-33-39-21-27(17-35)32(43-33)38-18-25-13-15-36-16-14-25/h2-7,12-16,20-23,29-30H,8-11,18-19H2,1H3,(H,40,46)(H2,38,39,42,43). The maximum absolute atomic E-state index is 13.7. The van der Waals surface area contributed by atoms with Crippen molar-refractivity contribution in [2.75, 3.05) is 15.5 Å². The van der Waals surface area contributed by atoms with Crippen molar-refractivity contribution in [3.8, 4) is 17.2 Å². The number of amides is 2. The average molecular weight is 614 g/mol. The molecule has 6 rings (SSSR count). The molecule has 12 heteroatoms. The molecule has 2 amide bonds. The molecular formula is C34H35N11O. The van der Waals surface area contributed by atoms with Gasteiger partial charge in [0.2, 0.25) is 5.95 Å². The molecule has 0 saturated heterocycles. The predicted molar refractivity (Wildman–Crippen MR) is 176 cm³/mol. The molecule has 1 fully saturated rings. The number of nitrogens with one attached hydrogen (secondary N) is 3. The number of nitriles is 1. The van der Waals surface area contributed by atoms with Crippen molar-refractivity contribution in [1.82, 2.24) is 35.0 Å². The predicted octanol–water partition coefficient (Wildman–Crippen LogP) is 5.29. The Bertz CT molecular complexity index is 1780. The smallest absolute Gasteiger partial charge is 0.323 e. The maximum Gasteiger partial charge on any atom is 0.323 e. The third kappa shape index (κ3) is 7.44. The van der Waals surface area contributed by atoms with Gasteiger partial charge in [-0.2, -0.15) is 15.3 Å². The van der Waals surface area contributed by atoms with E-state index < -0.39 is 0 Å². The molecule has 0 radical (unpaired) electrons. The van der Waals surface area contributed by atoms with Gasteiger partial charge in [-0.05, 0) is 61.1 Å². The summed E-state index contributed by atoms with van der Waals surface area (Å²) in [5.74, 6) is 1.55. The molecule has 0 bridgehead atoms. The van der Waals surface area contributed by atoms with Gasteiger partial charge in [0.05, 0.1) is 12.4 Å². The van der Waals surface area contributed by atoms with Crippen molar-refractivity contribution in [3.63, 3.8) is 0 Å². The van der Waals surface area contributed by atoms with Crippen LogP contribution in [0.5, 0.6) is 0 Å². The van der Waals surface area contributed by atoms with Crippen LogP contribution in [0.1, 0.15) is 42.4 Å². The van der Waals surface area contributed by atoms with Crippen molar-refractivity contribution in [1.29, 1.82) is 5.26 Å². The topological polar surface area (TPSA) is 150 Å². The lowest BCUT2D eigenvalue weighted by molar-refractivity contribution is 0.240. The Morgan fingerprint density at radius 1 is 0.935 bits per heavy atom. The Morgan fingerprint density at radius 3 is 2.41 bits per heavy atom. The minimum Gasteiger partial charge on any atom is -0.365 e. The van der Waals surface area contributed by atoms with Gasteiger partial charge in [-0.1, -0.05) is 30.3 Å². The number of hydrogen-bond donors (Lipinski definition) is 3. The summed E-state index contributed by atoms with van der Waals surface area (Å²) in [6.45, 7) is 0.937. The number of hydrogen-bond acceptors (Lipinski definition) is 9. The van der Waals surface area contributed by atoms with Gasteiger partial charge in [0.15, 0.2) is 0 Å². The Labute approximate surface area is 267 Å². The second-order valence-electron chi connectivity index (χ2n) is 11.2. The van der Waals surface area contributed by atoms with Gasteiger partial charge in [-0.25, -0.2) is 14.8 Å². The molecule has 0 aliphatic heterocycles. The van der Waals surface area contributed by atoms with E-state index in [1.165, 1.54) is 6.20 Å². The van der Waals surface area contributed by atoms with Gasteiger partial charge in [0.1, 0.15) is 23.3 Å². The van der Waals surface area contributed by atoms with Crippen LogP contribution in [0.3, 0.4) is 0 Å². The lowest BCUT2D eigenvalue weighted by Crippen LogP contribution is -2.49. The second kappa shape index (κ2) is 14.3. The summed E-state index contributed by atoms with van der Waals surface area (Å²) < 4.78 is 1.75. The van der Waals surface area contributed by atoms with Crippen LogP contribution < -0.4 is 20.9 Å². The summed E-state index contributed by atoms with van der Waals surface area (Å²) in [5.41, 5.74) is 4.34. The van der Waals surface area contributed by atoms with Gasteiger partial charge >= 0.3 is 6.03 Å². The van der Waals surface area contributed by atoms with E-state index in [0.29, 0.717) is 36.2 Å². The van der Waals surface area contributed by atoms with E-state index >= 15 is 0 Å². The first-order chi connectivity index (χ1) is 22.6. The van der Waals surface area contributed by atoms with Crippen LogP contribution in [0, 0.1) is 11.3 Å². The highest BCUT2D eigenvalue weighted by atomic mass is 16.2. The third-order valence-corrected chi connectivity index (χ3v) is 8.05. The molecule has 46 heavy (non-hydrogen) atoms. The van der Waals surface area contributed by atoms with Crippen LogP contribution in [0.25, 0.3) is 11.1 Å². The number of aromatic nitrogens is 6. The molecule has 0 spiro atoms. The normalized spacial score (nSPS) is 15.8. The molecule has 1 aromatic carbocycles.